The van der Waals surface area contributed by atoms with Crippen molar-refractivity contribution in [3.8, 4) is 0 Å². The van der Waals surface area contributed by atoms with E-state index in [9.17, 15) is 9.59 Å². The van der Waals surface area contributed by atoms with Crippen molar-refractivity contribution in [2.75, 3.05) is 26.2 Å². The number of ketones is 2. The predicted molar refractivity (Wildman–Crippen MR) is 176 cm³/mol. The Labute approximate surface area is 253 Å². The zero-order valence-corrected chi connectivity index (χ0v) is 28.3. The van der Waals surface area contributed by atoms with Crippen LogP contribution >= 0.6 is 0 Å². The molecule has 2 atom stereocenters. The third-order valence-electron chi connectivity index (χ3n) is 9.70. The number of nitrogens with two attached hydrogens (primary N) is 1. The summed E-state index contributed by atoms with van der Waals surface area (Å²) in [6, 6.07) is 0. The summed E-state index contributed by atoms with van der Waals surface area (Å²) in [7, 11) is 0. The Morgan fingerprint density at radius 1 is 0.878 bits per heavy atom. The molecule has 0 aromatic rings. The highest BCUT2D eigenvalue weighted by Gasteiger charge is 2.39. The summed E-state index contributed by atoms with van der Waals surface area (Å²) in [6.07, 6.45) is 14.2. The van der Waals surface area contributed by atoms with E-state index in [2.05, 4.69) is 83.7 Å². The smallest absolute Gasteiger partial charge is 0.196 e. The molecule has 0 spiro atoms. The van der Waals surface area contributed by atoms with Crippen LogP contribution in [-0.2, 0) is 9.59 Å². The highest BCUT2D eigenvalue weighted by Crippen LogP contribution is 2.36. The average Bonchev–Trinajstić information content (AvgIpc) is 2.97. The van der Waals surface area contributed by atoms with Gasteiger partial charge in [0.05, 0.1) is 0 Å². The van der Waals surface area contributed by atoms with Crippen LogP contribution < -0.4 is 5.73 Å². The van der Waals surface area contributed by atoms with Gasteiger partial charge >= 0.3 is 0 Å². The van der Waals surface area contributed by atoms with Crippen molar-refractivity contribution in [3.63, 3.8) is 0 Å². The molecule has 0 aromatic heterocycles. The Kier molecular flexibility index (Phi) is 15.6. The second kappa shape index (κ2) is 17.2. The van der Waals surface area contributed by atoms with Crippen molar-refractivity contribution in [1.29, 1.82) is 0 Å². The van der Waals surface area contributed by atoms with E-state index < -0.39 is 5.41 Å². The van der Waals surface area contributed by atoms with Gasteiger partial charge < -0.3 is 10.6 Å². The van der Waals surface area contributed by atoms with Crippen molar-refractivity contribution in [2.45, 2.75) is 138 Å². The van der Waals surface area contributed by atoms with Crippen LogP contribution in [0, 0.1) is 16.7 Å². The minimum atomic E-state index is -0.392. The van der Waals surface area contributed by atoms with E-state index >= 15 is 0 Å². The van der Waals surface area contributed by atoms with E-state index in [4.69, 9.17) is 5.73 Å². The van der Waals surface area contributed by atoms with Crippen LogP contribution in [0.2, 0.25) is 0 Å². The summed E-state index contributed by atoms with van der Waals surface area (Å²) in [5.74, 6) is 1.000. The van der Waals surface area contributed by atoms with Crippen LogP contribution in [0.25, 0.3) is 0 Å². The molecule has 1 fully saturated rings. The first-order valence-corrected chi connectivity index (χ1v) is 16.5. The number of hydrogen-bond donors (Lipinski definition) is 1. The van der Waals surface area contributed by atoms with Gasteiger partial charge in [0, 0.05) is 60.2 Å². The minimum Gasteiger partial charge on any atom is -0.370 e. The number of piperazine rings is 1. The van der Waals surface area contributed by atoms with Crippen molar-refractivity contribution in [1.82, 2.24) is 9.80 Å². The van der Waals surface area contributed by atoms with Gasteiger partial charge in [-0.05, 0) is 46.0 Å². The van der Waals surface area contributed by atoms with Gasteiger partial charge in [-0.15, -0.1) is 0 Å². The van der Waals surface area contributed by atoms with Crippen LogP contribution in [0.3, 0.4) is 0 Å². The van der Waals surface area contributed by atoms with E-state index in [0.29, 0.717) is 17.3 Å². The Morgan fingerprint density at radius 3 is 1.80 bits per heavy atom. The lowest BCUT2D eigenvalue weighted by molar-refractivity contribution is -0.133. The summed E-state index contributed by atoms with van der Waals surface area (Å²) < 4.78 is 0. The fourth-order valence-electron chi connectivity index (χ4n) is 6.40. The summed E-state index contributed by atoms with van der Waals surface area (Å²) in [4.78, 5) is 36.1. The molecular weight excluding hydrogens is 508 g/mol. The molecule has 0 radical (unpaired) electrons. The molecule has 1 aliphatic heterocycles. The highest BCUT2D eigenvalue weighted by molar-refractivity contribution is 6.02. The van der Waals surface area contributed by atoms with E-state index in [0.717, 1.165) is 96.8 Å². The van der Waals surface area contributed by atoms with Gasteiger partial charge in [-0.25, -0.2) is 4.99 Å². The molecule has 1 heterocycles. The molecule has 2 N–H and O–H groups in total. The summed E-state index contributed by atoms with van der Waals surface area (Å²) >= 11 is 0. The first-order chi connectivity index (χ1) is 19.2. The maximum Gasteiger partial charge on any atom is 0.196 e. The zero-order valence-electron chi connectivity index (χ0n) is 28.3. The molecule has 6 heteroatoms. The molecule has 236 valence electrons. The summed E-state index contributed by atoms with van der Waals surface area (Å²) in [5.41, 5.74) is 6.26. The number of unbranched alkanes of at least 4 members (excludes halogenated alkanes) is 3. The predicted octanol–water partition coefficient (Wildman–Crippen LogP) is 7.92. The van der Waals surface area contributed by atoms with Crippen molar-refractivity contribution in [2.24, 2.45) is 27.5 Å². The van der Waals surface area contributed by atoms with Crippen LogP contribution in [-0.4, -0.2) is 59.0 Å². The number of nitrogens with zero attached hydrogens (tertiary/aromatic N) is 3. The van der Waals surface area contributed by atoms with E-state index in [1.165, 1.54) is 0 Å². The summed E-state index contributed by atoms with van der Waals surface area (Å²) in [5, 5.41) is 0. The van der Waals surface area contributed by atoms with Gasteiger partial charge in [0.2, 0.25) is 0 Å². The van der Waals surface area contributed by atoms with Gasteiger partial charge in [0.25, 0.3) is 0 Å². The standard InChI is InChI=1S/C35H64N4O2/c1-11-16-19-34(9,15-5)30(40)28(6)26-33(7,8)39-24-22-38(23-25-39)32(36)37-27-29(14-4)31(41)35(10,20-17-12-2)21-18-13-3/h14,27-28H,4,11-13,15-26H2,1-3,5-10H3,(H2,36,37)/b29-27+. The number of carbonyl (C=O) groups is 2. The molecule has 0 bridgehead atoms. The molecule has 0 saturated carbocycles. The molecule has 0 aromatic carbocycles. The SMILES string of the molecule is C=C/C(=C\N=C(/N)N1CCN(C(C)(C)CC(C)C(=O)C(C)(CC)CCCC)CC1)C(=O)C(C)(CCCC)CCCC. The van der Waals surface area contributed by atoms with Crippen molar-refractivity contribution >= 4 is 17.5 Å². The Hall–Kier alpha value is -1.95. The molecule has 1 rings (SSSR count). The van der Waals surface area contributed by atoms with Crippen molar-refractivity contribution in [3.05, 3.63) is 24.4 Å². The third kappa shape index (κ3) is 10.7. The lowest BCUT2D eigenvalue weighted by atomic mass is 9.72. The average molecular weight is 573 g/mol. The molecule has 0 amide bonds. The molecule has 1 aliphatic rings. The molecule has 6 nitrogen and oxygen atoms in total. The molecule has 41 heavy (non-hydrogen) atoms. The van der Waals surface area contributed by atoms with Gasteiger partial charge in [0.15, 0.2) is 11.7 Å². The third-order valence-corrected chi connectivity index (χ3v) is 9.70. The first kappa shape index (κ1) is 37.1. The number of Topliss-reactive ketones (excluding diaryl/α,β-unsaturated/α-hetero) is 2. The largest absolute Gasteiger partial charge is 0.370 e. The second-order valence-electron chi connectivity index (χ2n) is 13.6. The lowest BCUT2D eigenvalue weighted by Gasteiger charge is -2.45. The first-order valence-electron chi connectivity index (χ1n) is 16.5. The quantitative estimate of drug-likeness (QED) is 0.0736. The molecule has 1 saturated heterocycles. The van der Waals surface area contributed by atoms with E-state index in [1.807, 2.05) is 0 Å². The summed E-state index contributed by atoms with van der Waals surface area (Å²) in [6.45, 7) is 26.7. The van der Waals surface area contributed by atoms with Crippen LogP contribution in [0.1, 0.15) is 133 Å². The van der Waals surface area contributed by atoms with Gasteiger partial charge in [-0.1, -0.05) is 99.6 Å². The maximum absolute atomic E-state index is 13.5. The van der Waals surface area contributed by atoms with Crippen LogP contribution in [0.5, 0.6) is 0 Å². The zero-order chi connectivity index (χ0) is 31.3. The highest BCUT2D eigenvalue weighted by atomic mass is 16.1. The van der Waals surface area contributed by atoms with Gasteiger partial charge in [0.1, 0.15) is 5.78 Å². The molecule has 2 unspecified atom stereocenters. The number of allylic oxidation sites excluding steroid dienone is 2. The van der Waals surface area contributed by atoms with Gasteiger partial charge in [-0.3, -0.25) is 14.5 Å². The Morgan fingerprint density at radius 2 is 1.37 bits per heavy atom. The number of carbonyl (C=O) groups excluding carboxylic acids is 2. The van der Waals surface area contributed by atoms with Crippen molar-refractivity contribution < 1.29 is 9.59 Å². The number of hydrogen-bond acceptors (Lipinski definition) is 4. The molecular formula is C35H64N4O2. The normalized spacial score (nSPS) is 18.2. The fourth-order valence-corrected chi connectivity index (χ4v) is 6.40. The number of rotatable bonds is 19. The molecule has 0 aliphatic carbocycles. The fraction of sp³-hybridized carbons (Fsp3) is 0.800. The second-order valence-corrected chi connectivity index (χ2v) is 13.6. The van der Waals surface area contributed by atoms with Gasteiger partial charge in [-0.2, -0.15) is 0 Å². The van der Waals surface area contributed by atoms with E-state index in [-0.39, 0.29) is 22.7 Å². The van der Waals surface area contributed by atoms with Crippen LogP contribution in [0.4, 0.5) is 0 Å². The number of guanidine groups is 1. The minimum absolute atomic E-state index is 0.0248. The van der Waals surface area contributed by atoms with E-state index in [1.54, 1.807) is 12.3 Å². The Bertz CT molecular complexity index is 890. The topological polar surface area (TPSA) is 79.0 Å². The lowest BCUT2D eigenvalue weighted by Crippen LogP contribution is -2.57. The van der Waals surface area contributed by atoms with Crippen LogP contribution in [0.15, 0.2) is 29.4 Å². The Balaban J connectivity index is 2.88. The monoisotopic (exact) mass is 573 g/mol. The maximum atomic E-state index is 13.5. The number of aliphatic imine (C=N–C) groups is 1.